The summed E-state index contributed by atoms with van der Waals surface area (Å²) in [6, 6.07) is 22.6. The van der Waals surface area contributed by atoms with Crippen molar-refractivity contribution < 1.29 is 0 Å². The molecule has 0 radical (unpaired) electrons. The molecule has 0 aromatic heterocycles. The van der Waals surface area contributed by atoms with E-state index in [1.54, 1.807) is 0 Å². The summed E-state index contributed by atoms with van der Waals surface area (Å²) in [5.41, 5.74) is 13.8. The number of aryl methyl sites for hydroxylation is 1. The molecule has 3 rings (SSSR count). The molecule has 0 aliphatic rings. The van der Waals surface area contributed by atoms with E-state index < -0.39 is 0 Å². The third-order valence-corrected chi connectivity index (χ3v) is 3.99. The first-order chi connectivity index (χ1) is 10.6. The SMILES string of the molecule is Cc1cccc(-c2cc(N)ccc2Nc2ccccc2)c1C. The maximum atomic E-state index is 6.02. The van der Waals surface area contributed by atoms with E-state index >= 15 is 0 Å². The zero-order chi connectivity index (χ0) is 15.5. The van der Waals surface area contributed by atoms with Crippen molar-refractivity contribution >= 4 is 17.1 Å². The summed E-state index contributed by atoms with van der Waals surface area (Å²) in [4.78, 5) is 0. The molecule has 3 aromatic carbocycles. The van der Waals surface area contributed by atoms with E-state index in [4.69, 9.17) is 5.73 Å². The zero-order valence-electron chi connectivity index (χ0n) is 12.9. The van der Waals surface area contributed by atoms with Gasteiger partial charge < -0.3 is 11.1 Å². The molecule has 0 atom stereocenters. The van der Waals surface area contributed by atoms with Crippen LogP contribution in [0.3, 0.4) is 0 Å². The van der Waals surface area contributed by atoms with E-state index in [-0.39, 0.29) is 0 Å². The fourth-order valence-electron chi connectivity index (χ4n) is 2.61. The number of nitrogens with one attached hydrogen (secondary N) is 1. The van der Waals surface area contributed by atoms with Gasteiger partial charge in [0.05, 0.1) is 0 Å². The summed E-state index contributed by atoms with van der Waals surface area (Å²) in [5.74, 6) is 0. The minimum atomic E-state index is 0.773. The molecular weight excluding hydrogens is 268 g/mol. The Morgan fingerprint density at radius 2 is 1.55 bits per heavy atom. The smallest absolute Gasteiger partial charge is 0.0465 e. The standard InChI is InChI=1S/C20H20N2/c1-14-7-6-10-18(15(14)2)19-13-16(21)11-12-20(19)22-17-8-4-3-5-9-17/h3-13,22H,21H2,1-2H3. The quantitative estimate of drug-likeness (QED) is 0.642. The van der Waals surface area contributed by atoms with Gasteiger partial charge in [-0.3, -0.25) is 0 Å². The summed E-state index contributed by atoms with van der Waals surface area (Å²) < 4.78 is 0. The van der Waals surface area contributed by atoms with Gasteiger partial charge in [0.15, 0.2) is 0 Å². The van der Waals surface area contributed by atoms with Crippen molar-refractivity contribution in [2.45, 2.75) is 13.8 Å². The Morgan fingerprint density at radius 1 is 0.773 bits per heavy atom. The Labute approximate surface area is 131 Å². The highest BCUT2D eigenvalue weighted by Crippen LogP contribution is 2.34. The number of nitrogens with two attached hydrogens (primary N) is 1. The Hall–Kier alpha value is -2.74. The van der Waals surface area contributed by atoms with E-state index in [0.29, 0.717) is 0 Å². The van der Waals surface area contributed by atoms with Crippen molar-refractivity contribution in [1.29, 1.82) is 0 Å². The van der Waals surface area contributed by atoms with Crippen molar-refractivity contribution in [2.24, 2.45) is 0 Å². The van der Waals surface area contributed by atoms with Gasteiger partial charge in [0.25, 0.3) is 0 Å². The first kappa shape index (κ1) is 14.2. The summed E-state index contributed by atoms with van der Waals surface area (Å²) in [6.07, 6.45) is 0. The third kappa shape index (κ3) is 2.82. The zero-order valence-corrected chi connectivity index (χ0v) is 12.9. The summed E-state index contributed by atoms with van der Waals surface area (Å²) in [7, 11) is 0. The lowest BCUT2D eigenvalue weighted by Crippen LogP contribution is -1.97. The van der Waals surface area contributed by atoms with Crippen LogP contribution in [0.5, 0.6) is 0 Å². The van der Waals surface area contributed by atoms with E-state index in [1.807, 2.05) is 36.4 Å². The average molecular weight is 288 g/mol. The van der Waals surface area contributed by atoms with Gasteiger partial charge in [-0.25, -0.2) is 0 Å². The van der Waals surface area contributed by atoms with Crippen LogP contribution in [0.2, 0.25) is 0 Å². The number of para-hydroxylation sites is 1. The van der Waals surface area contributed by atoms with Crippen LogP contribution < -0.4 is 11.1 Å². The highest BCUT2D eigenvalue weighted by atomic mass is 14.9. The third-order valence-electron chi connectivity index (χ3n) is 3.99. The first-order valence-corrected chi connectivity index (χ1v) is 7.43. The van der Waals surface area contributed by atoms with Gasteiger partial charge in [-0.1, -0.05) is 36.4 Å². The molecule has 0 heterocycles. The maximum absolute atomic E-state index is 6.02. The van der Waals surface area contributed by atoms with Crippen LogP contribution in [-0.4, -0.2) is 0 Å². The molecule has 0 spiro atoms. The Kier molecular flexibility index (Phi) is 3.84. The van der Waals surface area contributed by atoms with Crippen molar-refractivity contribution in [3.63, 3.8) is 0 Å². The van der Waals surface area contributed by atoms with Crippen molar-refractivity contribution in [2.75, 3.05) is 11.1 Å². The lowest BCUT2D eigenvalue weighted by Gasteiger charge is -2.16. The second kappa shape index (κ2) is 5.94. The van der Waals surface area contributed by atoms with Gasteiger partial charge in [0.1, 0.15) is 0 Å². The second-order valence-corrected chi connectivity index (χ2v) is 5.54. The monoisotopic (exact) mass is 288 g/mol. The van der Waals surface area contributed by atoms with Crippen LogP contribution >= 0.6 is 0 Å². The van der Waals surface area contributed by atoms with Crippen LogP contribution in [0.1, 0.15) is 11.1 Å². The normalized spacial score (nSPS) is 10.5. The minimum Gasteiger partial charge on any atom is -0.399 e. The molecule has 0 aliphatic heterocycles. The molecule has 0 amide bonds. The Morgan fingerprint density at radius 3 is 2.32 bits per heavy atom. The van der Waals surface area contributed by atoms with Crippen LogP contribution in [0.4, 0.5) is 17.1 Å². The number of hydrogen-bond acceptors (Lipinski definition) is 2. The lowest BCUT2D eigenvalue weighted by atomic mass is 9.95. The number of benzene rings is 3. The molecule has 0 fully saturated rings. The molecule has 0 unspecified atom stereocenters. The molecule has 3 aromatic rings. The fourth-order valence-corrected chi connectivity index (χ4v) is 2.61. The predicted octanol–water partition coefficient (Wildman–Crippen LogP) is 5.30. The van der Waals surface area contributed by atoms with Crippen LogP contribution in [0.25, 0.3) is 11.1 Å². The first-order valence-electron chi connectivity index (χ1n) is 7.43. The molecule has 0 bridgehead atoms. The topological polar surface area (TPSA) is 38.0 Å². The molecule has 22 heavy (non-hydrogen) atoms. The maximum Gasteiger partial charge on any atom is 0.0465 e. The number of anilines is 3. The molecule has 0 saturated carbocycles. The summed E-state index contributed by atoms with van der Waals surface area (Å²) in [6.45, 7) is 4.29. The van der Waals surface area contributed by atoms with E-state index in [9.17, 15) is 0 Å². The second-order valence-electron chi connectivity index (χ2n) is 5.54. The van der Waals surface area contributed by atoms with Crippen LogP contribution in [-0.2, 0) is 0 Å². The molecule has 2 heteroatoms. The van der Waals surface area contributed by atoms with Gasteiger partial charge in [0, 0.05) is 22.6 Å². The van der Waals surface area contributed by atoms with E-state index in [0.717, 1.165) is 22.6 Å². The largest absolute Gasteiger partial charge is 0.399 e. The van der Waals surface area contributed by atoms with Gasteiger partial charge in [-0.2, -0.15) is 0 Å². The Balaban J connectivity index is 2.10. The van der Waals surface area contributed by atoms with Gasteiger partial charge >= 0.3 is 0 Å². The number of nitrogen functional groups attached to an aromatic ring is 1. The minimum absolute atomic E-state index is 0.773. The number of rotatable bonds is 3. The van der Waals surface area contributed by atoms with Gasteiger partial charge in [-0.15, -0.1) is 0 Å². The summed E-state index contributed by atoms with van der Waals surface area (Å²) >= 11 is 0. The van der Waals surface area contributed by atoms with Crippen molar-refractivity contribution in [3.8, 4) is 11.1 Å². The molecule has 110 valence electrons. The Bertz CT molecular complexity index is 792. The molecule has 3 N–H and O–H groups in total. The van der Waals surface area contributed by atoms with Crippen LogP contribution in [0.15, 0.2) is 66.7 Å². The summed E-state index contributed by atoms with van der Waals surface area (Å²) in [5, 5.41) is 3.49. The number of hydrogen-bond donors (Lipinski definition) is 2. The predicted molar refractivity (Wildman–Crippen MR) is 95.5 cm³/mol. The highest BCUT2D eigenvalue weighted by molar-refractivity contribution is 5.85. The van der Waals surface area contributed by atoms with E-state index in [1.165, 1.54) is 16.7 Å². The van der Waals surface area contributed by atoms with Crippen molar-refractivity contribution in [3.05, 3.63) is 77.9 Å². The van der Waals surface area contributed by atoms with E-state index in [2.05, 4.69) is 49.5 Å². The van der Waals surface area contributed by atoms with Gasteiger partial charge in [-0.05, 0) is 60.9 Å². The molecule has 2 nitrogen and oxygen atoms in total. The fraction of sp³-hybridized carbons (Fsp3) is 0.100. The van der Waals surface area contributed by atoms with Crippen LogP contribution in [0, 0.1) is 13.8 Å². The molecule has 0 aliphatic carbocycles. The lowest BCUT2D eigenvalue weighted by molar-refractivity contribution is 1.34. The molecular formula is C20H20N2. The van der Waals surface area contributed by atoms with Crippen molar-refractivity contribution in [1.82, 2.24) is 0 Å². The van der Waals surface area contributed by atoms with Gasteiger partial charge in [0.2, 0.25) is 0 Å². The average Bonchev–Trinajstić information content (AvgIpc) is 2.53. The highest BCUT2D eigenvalue weighted by Gasteiger charge is 2.10. The molecule has 0 saturated heterocycles.